The van der Waals surface area contributed by atoms with Crippen molar-refractivity contribution in [1.82, 2.24) is 10.2 Å². The summed E-state index contributed by atoms with van der Waals surface area (Å²) in [6.45, 7) is 1.74. The summed E-state index contributed by atoms with van der Waals surface area (Å²) in [7, 11) is 3.37. The molecule has 3 rings (SSSR count). The highest BCUT2D eigenvalue weighted by Gasteiger charge is 2.30. The first kappa shape index (κ1) is 18.9. The van der Waals surface area contributed by atoms with Gasteiger partial charge in [0, 0.05) is 32.5 Å². The van der Waals surface area contributed by atoms with Crippen molar-refractivity contribution < 1.29 is 18.8 Å². The zero-order valence-corrected chi connectivity index (χ0v) is 15.9. The Morgan fingerprint density at radius 2 is 1.89 bits per heavy atom. The van der Waals surface area contributed by atoms with Gasteiger partial charge in [-0.3, -0.25) is 14.4 Å². The molecular formula is C21H24N2O4. The Labute approximate surface area is 158 Å². The SMILES string of the molecule is Cc1c(C(=O)N[C@@H](CC(=O)N(C)C)c2ccccc2)oc2c1C(=O)CCC2. The highest BCUT2D eigenvalue weighted by molar-refractivity contribution is 6.03. The van der Waals surface area contributed by atoms with E-state index in [-0.39, 0.29) is 23.9 Å². The van der Waals surface area contributed by atoms with Crippen LogP contribution < -0.4 is 5.32 Å². The number of nitrogens with one attached hydrogen (secondary N) is 1. The molecule has 1 N–H and O–H groups in total. The molecule has 0 unspecified atom stereocenters. The monoisotopic (exact) mass is 368 g/mol. The molecular weight excluding hydrogens is 344 g/mol. The lowest BCUT2D eigenvalue weighted by molar-refractivity contribution is -0.129. The van der Waals surface area contributed by atoms with Gasteiger partial charge in [-0.1, -0.05) is 30.3 Å². The topological polar surface area (TPSA) is 79.6 Å². The van der Waals surface area contributed by atoms with Crippen LogP contribution in [-0.4, -0.2) is 36.6 Å². The van der Waals surface area contributed by atoms with Gasteiger partial charge in [-0.15, -0.1) is 0 Å². The molecule has 0 aliphatic heterocycles. The number of fused-ring (bicyclic) bond motifs is 1. The Kier molecular flexibility index (Phi) is 5.44. The smallest absolute Gasteiger partial charge is 0.287 e. The first-order valence-corrected chi connectivity index (χ1v) is 9.10. The number of rotatable bonds is 5. The Morgan fingerprint density at radius 3 is 2.52 bits per heavy atom. The average molecular weight is 368 g/mol. The third-order valence-corrected chi connectivity index (χ3v) is 4.90. The first-order chi connectivity index (χ1) is 12.9. The summed E-state index contributed by atoms with van der Waals surface area (Å²) >= 11 is 0. The number of hydrogen-bond acceptors (Lipinski definition) is 4. The highest BCUT2D eigenvalue weighted by atomic mass is 16.4. The molecule has 1 aliphatic rings. The molecule has 0 spiro atoms. The molecule has 27 heavy (non-hydrogen) atoms. The van der Waals surface area contributed by atoms with Crippen LogP contribution in [0.3, 0.4) is 0 Å². The normalized spacial score (nSPS) is 14.4. The van der Waals surface area contributed by atoms with Gasteiger partial charge in [0.1, 0.15) is 5.76 Å². The van der Waals surface area contributed by atoms with E-state index >= 15 is 0 Å². The summed E-state index contributed by atoms with van der Waals surface area (Å²) in [5.41, 5.74) is 1.97. The summed E-state index contributed by atoms with van der Waals surface area (Å²) in [5, 5.41) is 2.91. The number of carbonyl (C=O) groups is 3. The lowest BCUT2D eigenvalue weighted by atomic mass is 9.94. The second kappa shape index (κ2) is 7.78. The van der Waals surface area contributed by atoms with Gasteiger partial charge in [-0.05, 0) is 18.9 Å². The fraction of sp³-hybridized carbons (Fsp3) is 0.381. The van der Waals surface area contributed by atoms with E-state index in [1.807, 2.05) is 30.3 Å². The molecule has 0 radical (unpaired) electrons. The Balaban J connectivity index is 1.87. The van der Waals surface area contributed by atoms with Crippen molar-refractivity contribution in [2.45, 2.75) is 38.6 Å². The molecule has 1 heterocycles. The van der Waals surface area contributed by atoms with Crippen molar-refractivity contribution in [3.05, 3.63) is 58.5 Å². The van der Waals surface area contributed by atoms with E-state index in [9.17, 15) is 14.4 Å². The van der Waals surface area contributed by atoms with E-state index in [0.717, 1.165) is 12.0 Å². The number of carbonyl (C=O) groups excluding carboxylic acids is 3. The van der Waals surface area contributed by atoms with Crippen molar-refractivity contribution in [2.75, 3.05) is 14.1 Å². The molecule has 0 fully saturated rings. The fourth-order valence-corrected chi connectivity index (χ4v) is 3.38. The molecule has 2 aromatic rings. The maximum Gasteiger partial charge on any atom is 0.287 e. The van der Waals surface area contributed by atoms with E-state index in [0.29, 0.717) is 29.7 Å². The van der Waals surface area contributed by atoms with E-state index in [1.54, 1.807) is 21.0 Å². The van der Waals surface area contributed by atoms with Gasteiger partial charge in [0.05, 0.1) is 18.0 Å². The van der Waals surface area contributed by atoms with Gasteiger partial charge in [-0.25, -0.2) is 0 Å². The summed E-state index contributed by atoms with van der Waals surface area (Å²) in [6.07, 6.45) is 2.03. The summed E-state index contributed by atoms with van der Waals surface area (Å²) in [4.78, 5) is 38.8. The van der Waals surface area contributed by atoms with Gasteiger partial charge in [0.2, 0.25) is 5.91 Å². The molecule has 0 saturated heterocycles. The number of nitrogens with zero attached hydrogens (tertiary/aromatic N) is 1. The van der Waals surface area contributed by atoms with Crippen LogP contribution in [-0.2, 0) is 11.2 Å². The van der Waals surface area contributed by atoms with Gasteiger partial charge in [0.15, 0.2) is 11.5 Å². The van der Waals surface area contributed by atoms with Gasteiger partial charge in [0.25, 0.3) is 5.91 Å². The number of hydrogen-bond donors (Lipinski definition) is 1. The van der Waals surface area contributed by atoms with Crippen LogP contribution >= 0.6 is 0 Å². The largest absolute Gasteiger partial charge is 0.455 e. The standard InChI is InChI=1S/C21H24N2O4/c1-13-19-16(24)10-7-11-17(19)27-20(13)21(26)22-15(12-18(25)23(2)3)14-8-5-4-6-9-14/h4-6,8-9,15H,7,10-12H2,1-3H3,(H,22,26)/t15-/m0/s1. The van der Waals surface area contributed by atoms with E-state index in [1.165, 1.54) is 4.90 Å². The number of Topliss-reactive ketones (excluding diaryl/α,β-unsaturated/α-hetero) is 1. The molecule has 1 aromatic carbocycles. The van der Waals surface area contributed by atoms with Crippen LogP contribution in [0.15, 0.2) is 34.7 Å². The summed E-state index contributed by atoms with van der Waals surface area (Å²) in [6, 6.07) is 8.88. The van der Waals surface area contributed by atoms with Crippen molar-refractivity contribution >= 4 is 17.6 Å². The first-order valence-electron chi connectivity index (χ1n) is 9.10. The third kappa shape index (κ3) is 3.94. The average Bonchev–Trinajstić information content (AvgIpc) is 2.99. The van der Waals surface area contributed by atoms with Crippen molar-refractivity contribution in [3.8, 4) is 0 Å². The molecule has 0 bridgehead atoms. The van der Waals surface area contributed by atoms with Crippen molar-refractivity contribution in [2.24, 2.45) is 0 Å². The molecule has 1 aliphatic carbocycles. The predicted molar refractivity (Wildman–Crippen MR) is 101 cm³/mol. The second-order valence-electron chi connectivity index (χ2n) is 7.06. The van der Waals surface area contributed by atoms with Crippen molar-refractivity contribution in [1.29, 1.82) is 0 Å². The van der Waals surface area contributed by atoms with Crippen LogP contribution in [0, 0.1) is 6.92 Å². The number of furan rings is 1. The number of amides is 2. The molecule has 6 nitrogen and oxygen atoms in total. The summed E-state index contributed by atoms with van der Waals surface area (Å²) < 4.78 is 5.73. The third-order valence-electron chi connectivity index (χ3n) is 4.90. The van der Waals surface area contributed by atoms with E-state index < -0.39 is 11.9 Å². The number of benzene rings is 1. The minimum Gasteiger partial charge on any atom is -0.455 e. The van der Waals surface area contributed by atoms with Gasteiger partial charge < -0.3 is 14.6 Å². The van der Waals surface area contributed by atoms with Crippen LogP contribution in [0.25, 0.3) is 0 Å². The van der Waals surface area contributed by atoms with Crippen LogP contribution in [0.2, 0.25) is 0 Å². The zero-order chi connectivity index (χ0) is 19.6. The quantitative estimate of drug-likeness (QED) is 0.880. The molecule has 0 saturated carbocycles. The molecule has 142 valence electrons. The maximum atomic E-state index is 12.9. The number of aryl methyl sites for hydroxylation is 1. The fourth-order valence-electron chi connectivity index (χ4n) is 3.38. The van der Waals surface area contributed by atoms with Crippen LogP contribution in [0.1, 0.15) is 63.1 Å². The van der Waals surface area contributed by atoms with Crippen LogP contribution in [0.5, 0.6) is 0 Å². The lowest BCUT2D eigenvalue weighted by Crippen LogP contribution is -2.33. The molecule has 1 atom stereocenters. The molecule has 2 amide bonds. The Morgan fingerprint density at radius 1 is 1.19 bits per heavy atom. The van der Waals surface area contributed by atoms with Crippen LogP contribution in [0.4, 0.5) is 0 Å². The second-order valence-corrected chi connectivity index (χ2v) is 7.06. The highest BCUT2D eigenvalue weighted by Crippen LogP contribution is 2.30. The summed E-state index contributed by atoms with van der Waals surface area (Å²) in [5.74, 6) is 0.284. The predicted octanol–water partition coefficient (Wildman–Crippen LogP) is 3.06. The zero-order valence-electron chi connectivity index (χ0n) is 15.9. The van der Waals surface area contributed by atoms with E-state index in [2.05, 4.69) is 5.32 Å². The van der Waals surface area contributed by atoms with Gasteiger partial charge in [-0.2, -0.15) is 0 Å². The lowest BCUT2D eigenvalue weighted by Gasteiger charge is -2.20. The maximum absolute atomic E-state index is 12.9. The minimum atomic E-state index is -0.481. The van der Waals surface area contributed by atoms with Gasteiger partial charge >= 0.3 is 0 Å². The van der Waals surface area contributed by atoms with E-state index in [4.69, 9.17) is 4.42 Å². The Hall–Kier alpha value is -2.89. The molecule has 6 heteroatoms. The minimum absolute atomic E-state index is 0.0268. The Bertz CT molecular complexity index is 868. The number of ketones is 1. The van der Waals surface area contributed by atoms with Crippen molar-refractivity contribution in [3.63, 3.8) is 0 Å². The molecule has 1 aromatic heterocycles.